The molecule has 0 saturated carbocycles. The lowest BCUT2D eigenvalue weighted by Gasteiger charge is -1.93. The molecule has 3 rings (SSSR count). The molecule has 0 fully saturated rings. The fourth-order valence-corrected chi connectivity index (χ4v) is 2.61. The Morgan fingerprint density at radius 2 is 1.78 bits per heavy atom. The van der Waals surface area contributed by atoms with E-state index in [4.69, 9.17) is 11.6 Å². The normalized spacial score (nSPS) is 11.0. The van der Waals surface area contributed by atoms with E-state index < -0.39 is 4.92 Å². The highest BCUT2D eigenvalue weighted by Gasteiger charge is 2.06. The van der Waals surface area contributed by atoms with Crippen LogP contribution in [0.2, 0.25) is 5.02 Å². The van der Waals surface area contributed by atoms with Gasteiger partial charge in [-0.1, -0.05) is 35.1 Å². The van der Waals surface area contributed by atoms with Crippen molar-refractivity contribution in [3.63, 3.8) is 0 Å². The summed E-state index contributed by atoms with van der Waals surface area (Å²) >= 11 is 7.20. The molecular weight excluding hydrogens is 336 g/mol. The smallest absolute Gasteiger partial charge is 0.258 e. The highest BCUT2D eigenvalue weighted by atomic mass is 35.5. The van der Waals surface area contributed by atoms with Crippen LogP contribution in [0.5, 0.6) is 0 Å². The van der Waals surface area contributed by atoms with Crippen molar-refractivity contribution in [1.29, 1.82) is 0 Å². The molecule has 2 aromatic carbocycles. The van der Waals surface area contributed by atoms with E-state index in [0.29, 0.717) is 10.2 Å². The van der Waals surface area contributed by atoms with Crippen LogP contribution in [0.1, 0.15) is 5.56 Å². The molecule has 0 N–H and O–H groups in total. The van der Waals surface area contributed by atoms with E-state index in [1.54, 1.807) is 30.5 Å². The number of nitro benzene ring substituents is 1. The molecule has 0 unspecified atom stereocenters. The molecule has 0 radical (unpaired) electrons. The fraction of sp³-hybridized carbons (Fsp3) is 0. The average molecular weight is 345 g/mol. The monoisotopic (exact) mass is 344 g/mol. The van der Waals surface area contributed by atoms with Gasteiger partial charge in [-0.25, -0.2) is 4.99 Å². The first kappa shape index (κ1) is 15.3. The summed E-state index contributed by atoms with van der Waals surface area (Å²) in [7, 11) is 0. The number of hydrogen-bond acceptors (Lipinski definition) is 6. The number of benzene rings is 2. The topological polar surface area (TPSA) is 81.3 Å². The van der Waals surface area contributed by atoms with Crippen LogP contribution in [0.15, 0.2) is 53.5 Å². The Morgan fingerprint density at radius 3 is 2.43 bits per heavy atom. The van der Waals surface area contributed by atoms with Crippen LogP contribution < -0.4 is 0 Å². The second-order valence-electron chi connectivity index (χ2n) is 4.50. The Morgan fingerprint density at radius 1 is 1.09 bits per heavy atom. The molecule has 3 aromatic rings. The van der Waals surface area contributed by atoms with Gasteiger partial charge in [-0.05, 0) is 29.8 Å². The van der Waals surface area contributed by atoms with Crippen LogP contribution >= 0.6 is 22.9 Å². The minimum absolute atomic E-state index is 0.0445. The molecule has 1 heterocycles. The Labute approximate surface area is 140 Å². The number of hydrogen-bond donors (Lipinski definition) is 0. The number of halogens is 1. The highest BCUT2D eigenvalue weighted by Crippen LogP contribution is 2.28. The SMILES string of the molecule is O=[N+]([O-])c1ccc(C=Nc2nnc(-c3ccc(Cl)cc3)s2)cc1. The molecule has 0 bridgehead atoms. The number of aliphatic imine (C=N–C) groups is 1. The van der Waals surface area contributed by atoms with Gasteiger partial charge in [0.05, 0.1) is 4.92 Å². The third-order valence-corrected chi connectivity index (χ3v) is 4.07. The van der Waals surface area contributed by atoms with Crippen molar-refractivity contribution in [3.8, 4) is 10.6 Å². The molecule has 1 aromatic heterocycles. The van der Waals surface area contributed by atoms with Crippen molar-refractivity contribution in [1.82, 2.24) is 10.2 Å². The van der Waals surface area contributed by atoms with Crippen molar-refractivity contribution < 1.29 is 4.92 Å². The summed E-state index contributed by atoms with van der Waals surface area (Å²) in [5, 5.41) is 20.6. The maximum atomic E-state index is 10.6. The van der Waals surface area contributed by atoms with Gasteiger partial charge in [0.1, 0.15) is 5.01 Å². The van der Waals surface area contributed by atoms with Crippen LogP contribution in [-0.2, 0) is 0 Å². The zero-order chi connectivity index (χ0) is 16.2. The van der Waals surface area contributed by atoms with Crippen LogP contribution in [0.25, 0.3) is 10.6 Å². The first-order valence-electron chi connectivity index (χ1n) is 6.50. The number of nitro groups is 1. The number of aromatic nitrogens is 2. The number of rotatable bonds is 4. The molecule has 23 heavy (non-hydrogen) atoms. The second-order valence-corrected chi connectivity index (χ2v) is 5.90. The summed E-state index contributed by atoms with van der Waals surface area (Å²) in [6.45, 7) is 0. The van der Waals surface area contributed by atoms with E-state index in [2.05, 4.69) is 15.2 Å². The van der Waals surface area contributed by atoms with Gasteiger partial charge < -0.3 is 0 Å². The van der Waals surface area contributed by atoms with Crippen molar-refractivity contribution in [2.75, 3.05) is 0 Å². The van der Waals surface area contributed by atoms with Gasteiger partial charge in [0.2, 0.25) is 5.13 Å². The molecule has 0 atom stereocenters. The molecule has 0 aliphatic heterocycles. The van der Waals surface area contributed by atoms with Crippen LogP contribution in [0.4, 0.5) is 10.8 Å². The quantitative estimate of drug-likeness (QED) is 0.396. The molecule has 0 aliphatic carbocycles. The molecule has 0 amide bonds. The molecule has 114 valence electrons. The standard InChI is InChI=1S/C15H9ClN4O2S/c16-12-5-3-11(4-6-12)14-18-19-15(23-14)17-9-10-1-7-13(8-2-10)20(21)22/h1-9H. The van der Waals surface area contributed by atoms with Crippen molar-refractivity contribution in [2.24, 2.45) is 4.99 Å². The third kappa shape index (κ3) is 3.77. The third-order valence-electron chi connectivity index (χ3n) is 2.93. The zero-order valence-corrected chi connectivity index (χ0v) is 13.2. The minimum atomic E-state index is -0.440. The summed E-state index contributed by atoms with van der Waals surface area (Å²) in [5.74, 6) is 0. The predicted molar refractivity (Wildman–Crippen MR) is 90.7 cm³/mol. The van der Waals surface area contributed by atoms with Gasteiger partial charge in [0.15, 0.2) is 0 Å². The molecule has 8 heteroatoms. The maximum Gasteiger partial charge on any atom is 0.269 e. The van der Waals surface area contributed by atoms with Gasteiger partial charge in [-0.15, -0.1) is 10.2 Å². The lowest BCUT2D eigenvalue weighted by Crippen LogP contribution is -1.88. The molecule has 0 saturated heterocycles. The van der Waals surface area contributed by atoms with Crippen LogP contribution in [-0.4, -0.2) is 21.3 Å². The van der Waals surface area contributed by atoms with Gasteiger partial charge in [0, 0.05) is 28.9 Å². The highest BCUT2D eigenvalue weighted by molar-refractivity contribution is 7.18. The zero-order valence-electron chi connectivity index (χ0n) is 11.6. The van der Waals surface area contributed by atoms with Crippen molar-refractivity contribution in [3.05, 3.63) is 69.2 Å². The Hall–Kier alpha value is -2.64. The fourth-order valence-electron chi connectivity index (χ4n) is 1.79. The summed E-state index contributed by atoms with van der Waals surface area (Å²) < 4.78 is 0. The van der Waals surface area contributed by atoms with E-state index in [1.807, 2.05) is 12.1 Å². The van der Waals surface area contributed by atoms with Crippen LogP contribution in [0.3, 0.4) is 0 Å². The average Bonchev–Trinajstić information content (AvgIpc) is 3.03. The Bertz CT molecular complexity index is 860. The number of nitrogens with zero attached hydrogens (tertiary/aromatic N) is 4. The summed E-state index contributed by atoms with van der Waals surface area (Å²) in [5.41, 5.74) is 1.71. The first-order chi connectivity index (χ1) is 11.1. The molecule has 6 nitrogen and oxygen atoms in total. The van der Waals surface area contributed by atoms with Gasteiger partial charge >= 0.3 is 0 Å². The second kappa shape index (κ2) is 6.64. The minimum Gasteiger partial charge on any atom is -0.258 e. The van der Waals surface area contributed by atoms with Crippen molar-refractivity contribution >= 4 is 40.0 Å². The first-order valence-corrected chi connectivity index (χ1v) is 7.69. The summed E-state index contributed by atoms with van der Waals surface area (Å²) in [6, 6.07) is 13.4. The van der Waals surface area contributed by atoms with Crippen molar-refractivity contribution in [2.45, 2.75) is 0 Å². The molecule has 0 spiro atoms. The van der Waals surface area contributed by atoms with E-state index >= 15 is 0 Å². The van der Waals surface area contributed by atoms with Crippen LogP contribution in [0, 0.1) is 10.1 Å². The van der Waals surface area contributed by atoms with E-state index in [-0.39, 0.29) is 5.69 Å². The van der Waals surface area contributed by atoms with Gasteiger partial charge in [0.25, 0.3) is 5.69 Å². The molecular formula is C15H9ClN4O2S. The predicted octanol–water partition coefficient (Wildman–Crippen LogP) is 4.52. The largest absolute Gasteiger partial charge is 0.269 e. The maximum absolute atomic E-state index is 10.6. The summed E-state index contributed by atoms with van der Waals surface area (Å²) in [6.07, 6.45) is 1.59. The summed E-state index contributed by atoms with van der Waals surface area (Å²) in [4.78, 5) is 14.4. The van der Waals surface area contributed by atoms with Gasteiger partial charge in [-0.2, -0.15) is 0 Å². The Balaban J connectivity index is 1.75. The Kier molecular flexibility index (Phi) is 4.40. The van der Waals surface area contributed by atoms with E-state index in [1.165, 1.54) is 23.5 Å². The lowest BCUT2D eigenvalue weighted by molar-refractivity contribution is -0.384. The van der Waals surface area contributed by atoms with E-state index in [0.717, 1.165) is 16.1 Å². The number of non-ortho nitro benzene ring substituents is 1. The van der Waals surface area contributed by atoms with E-state index in [9.17, 15) is 10.1 Å². The lowest BCUT2D eigenvalue weighted by atomic mass is 10.2. The molecule has 0 aliphatic rings. The van der Waals surface area contributed by atoms with Gasteiger partial charge in [-0.3, -0.25) is 10.1 Å².